The second-order valence-electron chi connectivity index (χ2n) is 9.44. The summed E-state index contributed by atoms with van der Waals surface area (Å²) in [4.78, 5) is 33.2. The van der Waals surface area contributed by atoms with Gasteiger partial charge in [-0.2, -0.15) is 0 Å². The van der Waals surface area contributed by atoms with E-state index in [0.29, 0.717) is 17.7 Å². The second-order valence-corrected chi connectivity index (χ2v) is 10.4. The van der Waals surface area contributed by atoms with Crippen molar-refractivity contribution in [3.05, 3.63) is 59.8 Å². The quantitative estimate of drug-likeness (QED) is 0.278. The minimum Gasteiger partial charge on any atom is -0.352 e. The first-order chi connectivity index (χ1) is 18.1. The Morgan fingerprint density at radius 3 is 2.62 bits per heavy atom. The van der Waals surface area contributed by atoms with Crippen LogP contribution in [0.3, 0.4) is 0 Å². The minimum absolute atomic E-state index is 0.0403. The first-order valence-corrected chi connectivity index (χ1v) is 13.9. The summed E-state index contributed by atoms with van der Waals surface area (Å²) in [6.45, 7) is 9.81. The topological polar surface area (TPSA) is 90.8 Å². The molecule has 9 heteroatoms. The number of nitrogens with one attached hydrogen (secondary N) is 3. The Hall–Kier alpha value is -3.27. The molecule has 2 amide bonds. The van der Waals surface area contributed by atoms with Gasteiger partial charge in [0.25, 0.3) is 11.8 Å². The Labute approximate surface area is 221 Å². The van der Waals surface area contributed by atoms with Gasteiger partial charge in [-0.3, -0.25) is 14.0 Å². The van der Waals surface area contributed by atoms with Gasteiger partial charge in [0.2, 0.25) is 0 Å². The number of thiazole rings is 1. The fraction of sp³-hybridized carbons (Fsp3) is 0.393. The van der Waals surface area contributed by atoms with Crippen LogP contribution in [0.5, 0.6) is 0 Å². The van der Waals surface area contributed by atoms with Crippen LogP contribution < -0.4 is 16.0 Å². The molecule has 1 unspecified atom stereocenters. The van der Waals surface area contributed by atoms with Gasteiger partial charge >= 0.3 is 0 Å². The molecule has 0 spiro atoms. The highest BCUT2D eigenvalue weighted by Gasteiger charge is 2.18. The normalized spacial score (nSPS) is 15.6. The van der Waals surface area contributed by atoms with Crippen LogP contribution in [-0.4, -0.2) is 71.4 Å². The van der Waals surface area contributed by atoms with Gasteiger partial charge in [-0.05, 0) is 69.4 Å². The zero-order valence-electron chi connectivity index (χ0n) is 21.4. The number of rotatable bonds is 10. The van der Waals surface area contributed by atoms with E-state index in [4.69, 9.17) is 4.98 Å². The SMILES string of the molecule is CCN(CC)CCCNC(=O)c1ccc2c(c1)sc1nc(-c3ccc(C(=O)NC4CCNC4)cc3)cn12. The third kappa shape index (κ3) is 5.69. The summed E-state index contributed by atoms with van der Waals surface area (Å²) in [7, 11) is 0. The molecule has 0 bridgehead atoms. The zero-order chi connectivity index (χ0) is 25.8. The van der Waals surface area contributed by atoms with E-state index in [1.54, 1.807) is 11.3 Å². The first-order valence-electron chi connectivity index (χ1n) is 13.1. The summed E-state index contributed by atoms with van der Waals surface area (Å²) >= 11 is 1.57. The fourth-order valence-corrected chi connectivity index (χ4v) is 5.81. The van der Waals surface area contributed by atoms with E-state index in [9.17, 15) is 9.59 Å². The Morgan fingerprint density at radius 2 is 1.89 bits per heavy atom. The van der Waals surface area contributed by atoms with Crippen LogP contribution in [0.15, 0.2) is 48.7 Å². The second kappa shape index (κ2) is 11.4. The summed E-state index contributed by atoms with van der Waals surface area (Å²) in [6.07, 6.45) is 3.92. The predicted molar refractivity (Wildman–Crippen MR) is 149 cm³/mol. The third-order valence-electron chi connectivity index (χ3n) is 7.03. The summed E-state index contributed by atoms with van der Waals surface area (Å²) in [5.74, 6) is -0.0812. The van der Waals surface area contributed by atoms with Crippen LogP contribution in [0.2, 0.25) is 0 Å². The van der Waals surface area contributed by atoms with Crippen molar-refractivity contribution in [1.82, 2.24) is 30.2 Å². The predicted octanol–water partition coefficient (Wildman–Crippen LogP) is 3.77. The first kappa shape index (κ1) is 25.4. The van der Waals surface area contributed by atoms with Crippen LogP contribution in [0.4, 0.5) is 0 Å². The van der Waals surface area contributed by atoms with Crippen molar-refractivity contribution in [2.75, 3.05) is 39.3 Å². The van der Waals surface area contributed by atoms with Gasteiger partial charge in [-0.25, -0.2) is 4.98 Å². The van der Waals surface area contributed by atoms with Gasteiger partial charge < -0.3 is 20.9 Å². The average molecular weight is 519 g/mol. The molecule has 37 heavy (non-hydrogen) atoms. The van der Waals surface area contributed by atoms with E-state index in [2.05, 4.69) is 39.1 Å². The number of hydrogen-bond donors (Lipinski definition) is 3. The van der Waals surface area contributed by atoms with Gasteiger partial charge in [-0.15, -0.1) is 0 Å². The number of benzene rings is 2. The summed E-state index contributed by atoms with van der Waals surface area (Å²) in [5, 5.41) is 9.38. The molecule has 2 aromatic carbocycles. The van der Waals surface area contributed by atoms with Crippen LogP contribution >= 0.6 is 11.3 Å². The highest BCUT2D eigenvalue weighted by Crippen LogP contribution is 2.30. The lowest BCUT2D eigenvalue weighted by Gasteiger charge is -2.17. The molecule has 1 saturated heterocycles. The van der Waals surface area contributed by atoms with Gasteiger partial charge in [0, 0.05) is 42.0 Å². The minimum atomic E-state index is -0.0409. The lowest BCUT2D eigenvalue weighted by Crippen LogP contribution is -2.36. The largest absolute Gasteiger partial charge is 0.352 e. The summed E-state index contributed by atoms with van der Waals surface area (Å²) in [5.41, 5.74) is 4.17. The monoisotopic (exact) mass is 518 g/mol. The van der Waals surface area contributed by atoms with Crippen LogP contribution in [0, 0.1) is 0 Å². The molecule has 194 valence electrons. The molecule has 1 fully saturated rings. The van der Waals surface area contributed by atoms with Crippen molar-refractivity contribution in [1.29, 1.82) is 0 Å². The Balaban J connectivity index is 1.25. The van der Waals surface area contributed by atoms with Crippen LogP contribution in [0.1, 0.15) is 47.4 Å². The highest BCUT2D eigenvalue weighted by atomic mass is 32.1. The number of aromatic nitrogens is 2. The molecule has 0 saturated carbocycles. The lowest BCUT2D eigenvalue weighted by molar-refractivity contribution is 0.0936. The van der Waals surface area contributed by atoms with Crippen molar-refractivity contribution in [2.24, 2.45) is 0 Å². The average Bonchev–Trinajstić information content (AvgIpc) is 3.65. The number of carbonyl (C=O) groups is 2. The Bertz CT molecular complexity index is 1380. The van der Waals surface area contributed by atoms with Crippen molar-refractivity contribution < 1.29 is 9.59 Å². The number of fused-ring (bicyclic) bond motifs is 3. The molecular weight excluding hydrogens is 484 g/mol. The van der Waals surface area contributed by atoms with Gasteiger partial charge in [0.1, 0.15) is 0 Å². The molecule has 0 radical (unpaired) electrons. The van der Waals surface area contributed by atoms with Crippen LogP contribution in [-0.2, 0) is 0 Å². The zero-order valence-corrected chi connectivity index (χ0v) is 22.2. The Morgan fingerprint density at radius 1 is 1.11 bits per heavy atom. The van der Waals surface area contributed by atoms with E-state index in [1.165, 1.54) is 0 Å². The van der Waals surface area contributed by atoms with Gasteiger partial charge in [-0.1, -0.05) is 37.3 Å². The fourth-order valence-electron chi connectivity index (χ4n) is 4.77. The molecule has 2 aromatic heterocycles. The number of amides is 2. The molecule has 3 N–H and O–H groups in total. The highest BCUT2D eigenvalue weighted by molar-refractivity contribution is 7.23. The number of carbonyl (C=O) groups excluding carboxylic acids is 2. The van der Waals surface area contributed by atoms with E-state index in [-0.39, 0.29) is 17.9 Å². The maximum absolute atomic E-state index is 12.7. The standard InChI is InChI=1S/C28H34N6O2S/c1-3-33(4-2)15-5-13-30-26(35)21-10-11-24-25(16-21)37-28-32-23(18-34(24)28)19-6-8-20(9-7-19)27(36)31-22-12-14-29-17-22/h6-11,16,18,22,29H,3-5,12-15,17H2,1-2H3,(H,30,35)(H,31,36). The van der Waals surface area contributed by atoms with Crippen molar-refractivity contribution in [3.63, 3.8) is 0 Å². The molecule has 5 rings (SSSR count). The third-order valence-corrected chi connectivity index (χ3v) is 8.04. The number of hydrogen-bond acceptors (Lipinski definition) is 6. The summed E-state index contributed by atoms with van der Waals surface area (Å²) in [6, 6.07) is 13.6. The van der Waals surface area contributed by atoms with Gasteiger partial charge in [0.15, 0.2) is 4.96 Å². The maximum atomic E-state index is 12.7. The number of nitrogens with zero attached hydrogens (tertiary/aromatic N) is 3. The molecule has 3 heterocycles. The molecule has 0 aliphatic carbocycles. The molecule has 8 nitrogen and oxygen atoms in total. The molecule has 1 aliphatic heterocycles. The Kier molecular flexibility index (Phi) is 7.83. The maximum Gasteiger partial charge on any atom is 0.251 e. The molecule has 1 atom stereocenters. The molecular formula is C28H34N6O2S. The summed E-state index contributed by atoms with van der Waals surface area (Å²) < 4.78 is 3.09. The van der Waals surface area contributed by atoms with E-state index in [0.717, 1.165) is 72.0 Å². The van der Waals surface area contributed by atoms with Crippen molar-refractivity contribution in [3.8, 4) is 11.3 Å². The van der Waals surface area contributed by atoms with Crippen molar-refractivity contribution >= 4 is 38.3 Å². The lowest BCUT2D eigenvalue weighted by atomic mass is 10.1. The van der Waals surface area contributed by atoms with E-state index < -0.39 is 0 Å². The van der Waals surface area contributed by atoms with E-state index in [1.807, 2.05) is 48.7 Å². The molecule has 1 aliphatic rings. The smallest absolute Gasteiger partial charge is 0.251 e. The molecule has 4 aromatic rings. The van der Waals surface area contributed by atoms with Gasteiger partial charge in [0.05, 0.1) is 15.9 Å². The number of imidazole rings is 1. The van der Waals surface area contributed by atoms with Crippen molar-refractivity contribution in [2.45, 2.75) is 32.7 Å². The van der Waals surface area contributed by atoms with Crippen LogP contribution in [0.25, 0.3) is 26.4 Å². The van der Waals surface area contributed by atoms with E-state index >= 15 is 0 Å².